The van der Waals surface area contributed by atoms with Crippen LogP contribution in [-0.2, 0) is 17.4 Å². The molecule has 0 saturated heterocycles. The first kappa shape index (κ1) is 27.3. The number of alkyl halides is 3. The third-order valence-corrected chi connectivity index (χ3v) is 4.47. The fourth-order valence-electron chi connectivity index (χ4n) is 2.96. The number of rotatable bonds is 9. The standard InChI is InChI=1S/C25H21F3O5.Na.H/c1-31-22-12-18(14-24(29)30)13-23(16-22)33-21-6-2-5-20(15-21)32-11-3-4-17-7-9-19(10-8-17)25(26,27)28;;/h2-10,12-13,15-16H,11,14H2,1H3,(H,29,30);;/q;+1;-1. The zero-order chi connectivity index (χ0) is 23.8. The summed E-state index contributed by atoms with van der Waals surface area (Å²) in [6.07, 6.45) is -1.17. The maximum atomic E-state index is 12.6. The van der Waals surface area contributed by atoms with Crippen LogP contribution < -0.4 is 43.8 Å². The van der Waals surface area contributed by atoms with Gasteiger partial charge in [-0.1, -0.05) is 24.3 Å². The van der Waals surface area contributed by atoms with Crippen molar-refractivity contribution in [2.24, 2.45) is 0 Å². The van der Waals surface area contributed by atoms with Crippen molar-refractivity contribution in [3.8, 4) is 23.0 Å². The van der Waals surface area contributed by atoms with E-state index in [2.05, 4.69) is 0 Å². The largest absolute Gasteiger partial charge is 1.00 e. The smallest absolute Gasteiger partial charge is 1.00 e. The van der Waals surface area contributed by atoms with E-state index in [0.29, 0.717) is 34.1 Å². The van der Waals surface area contributed by atoms with Crippen LogP contribution in [0.1, 0.15) is 18.1 Å². The van der Waals surface area contributed by atoms with Crippen molar-refractivity contribution in [1.82, 2.24) is 0 Å². The molecule has 0 bridgehead atoms. The Balaban J connectivity index is 0.00000306. The van der Waals surface area contributed by atoms with Crippen molar-refractivity contribution < 1.29 is 68.3 Å². The first-order valence-corrected chi connectivity index (χ1v) is 9.87. The van der Waals surface area contributed by atoms with Crippen LogP contribution in [0.2, 0.25) is 0 Å². The van der Waals surface area contributed by atoms with Gasteiger partial charge in [-0.15, -0.1) is 0 Å². The molecular weight excluding hydrogens is 460 g/mol. The molecule has 0 atom stereocenters. The van der Waals surface area contributed by atoms with E-state index in [1.807, 2.05) is 0 Å². The maximum Gasteiger partial charge on any atom is 1.00 e. The second-order valence-corrected chi connectivity index (χ2v) is 7.00. The quantitative estimate of drug-likeness (QED) is 0.474. The van der Waals surface area contributed by atoms with Crippen molar-refractivity contribution in [3.05, 3.63) is 89.5 Å². The number of methoxy groups -OCH3 is 1. The van der Waals surface area contributed by atoms with Crippen molar-refractivity contribution in [3.63, 3.8) is 0 Å². The molecule has 5 nitrogen and oxygen atoms in total. The Morgan fingerprint density at radius 1 is 0.971 bits per heavy atom. The molecule has 0 aliphatic heterocycles. The molecule has 0 fully saturated rings. The monoisotopic (exact) mass is 482 g/mol. The van der Waals surface area contributed by atoms with Crippen molar-refractivity contribution in [1.29, 1.82) is 0 Å². The summed E-state index contributed by atoms with van der Waals surface area (Å²) < 4.78 is 54.5. The van der Waals surface area contributed by atoms with Crippen molar-refractivity contribution >= 4 is 12.0 Å². The summed E-state index contributed by atoms with van der Waals surface area (Å²) in [5.41, 5.74) is 0.468. The molecule has 174 valence electrons. The van der Waals surface area contributed by atoms with Gasteiger partial charge in [-0.25, -0.2) is 0 Å². The Labute approximate surface area is 218 Å². The number of hydrogen-bond donors (Lipinski definition) is 1. The molecular formula is C25H22F3NaO5. The zero-order valence-electron chi connectivity index (χ0n) is 19.6. The van der Waals surface area contributed by atoms with Gasteiger partial charge in [-0.2, -0.15) is 13.2 Å². The van der Waals surface area contributed by atoms with Gasteiger partial charge in [0.1, 0.15) is 29.6 Å². The van der Waals surface area contributed by atoms with Crippen LogP contribution >= 0.6 is 0 Å². The summed E-state index contributed by atoms with van der Waals surface area (Å²) in [5, 5.41) is 9.02. The predicted octanol–water partition coefficient (Wildman–Crippen LogP) is 3.34. The molecule has 0 aliphatic rings. The van der Waals surface area contributed by atoms with Gasteiger partial charge in [0.05, 0.1) is 19.1 Å². The van der Waals surface area contributed by atoms with Crippen LogP contribution in [0.25, 0.3) is 6.08 Å². The average molecular weight is 482 g/mol. The van der Waals surface area contributed by atoms with Gasteiger partial charge >= 0.3 is 41.7 Å². The third-order valence-electron chi connectivity index (χ3n) is 4.47. The van der Waals surface area contributed by atoms with E-state index in [9.17, 15) is 18.0 Å². The van der Waals surface area contributed by atoms with Gasteiger partial charge in [-0.05, 0) is 53.6 Å². The van der Waals surface area contributed by atoms with Gasteiger partial charge in [0.15, 0.2) is 0 Å². The minimum absolute atomic E-state index is 0. The summed E-state index contributed by atoms with van der Waals surface area (Å²) in [6.45, 7) is 0.201. The fraction of sp³-hybridized carbons (Fsp3) is 0.160. The Kier molecular flexibility index (Phi) is 10.0. The molecule has 0 amide bonds. The minimum Gasteiger partial charge on any atom is -1.00 e. The van der Waals surface area contributed by atoms with E-state index >= 15 is 0 Å². The van der Waals surface area contributed by atoms with E-state index in [-0.39, 0.29) is 44.0 Å². The van der Waals surface area contributed by atoms with Crippen LogP contribution in [0, 0.1) is 0 Å². The molecule has 3 aromatic rings. The van der Waals surface area contributed by atoms with E-state index in [1.54, 1.807) is 54.6 Å². The number of aliphatic carboxylic acids is 1. The van der Waals surface area contributed by atoms with Crippen LogP contribution in [-0.4, -0.2) is 24.8 Å². The number of ether oxygens (including phenoxy) is 3. The topological polar surface area (TPSA) is 65.0 Å². The van der Waals surface area contributed by atoms with Gasteiger partial charge in [0, 0.05) is 12.1 Å². The van der Waals surface area contributed by atoms with Gasteiger partial charge in [0.25, 0.3) is 0 Å². The average Bonchev–Trinajstić information content (AvgIpc) is 2.76. The van der Waals surface area contributed by atoms with Gasteiger partial charge in [-0.3, -0.25) is 4.79 Å². The molecule has 34 heavy (non-hydrogen) atoms. The molecule has 3 aromatic carbocycles. The number of benzene rings is 3. The predicted molar refractivity (Wildman–Crippen MR) is 118 cm³/mol. The van der Waals surface area contributed by atoms with Crippen LogP contribution in [0.5, 0.6) is 23.0 Å². The summed E-state index contributed by atoms with van der Waals surface area (Å²) in [6, 6.07) is 16.6. The van der Waals surface area contributed by atoms with Crippen LogP contribution in [0.15, 0.2) is 72.8 Å². The third kappa shape index (κ3) is 8.44. The van der Waals surface area contributed by atoms with E-state index in [4.69, 9.17) is 19.3 Å². The Hall–Kier alpha value is -2.94. The summed E-state index contributed by atoms with van der Waals surface area (Å²) >= 11 is 0. The van der Waals surface area contributed by atoms with Gasteiger partial charge in [0.2, 0.25) is 0 Å². The Morgan fingerprint density at radius 3 is 2.26 bits per heavy atom. The Morgan fingerprint density at radius 2 is 1.62 bits per heavy atom. The summed E-state index contributed by atoms with van der Waals surface area (Å²) in [5.74, 6) is 0.940. The van der Waals surface area contributed by atoms with Crippen molar-refractivity contribution in [2.45, 2.75) is 12.6 Å². The molecule has 1 N–H and O–H groups in total. The van der Waals surface area contributed by atoms with E-state index in [1.165, 1.54) is 19.2 Å². The number of carboxylic acid groups (broad SMARTS) is 1. The maximum absolute atomic E-state index is 12.6. The van der Waals surface area contributed by atoms with Gasteiger partial charge < -0.3 is 20.7 Å². The summed E-state index contributed by atoms with van der Waals surface area (Å²) in [7, 11) is 1.48. The van der Waals surface area contributed by atoms with Crippen molar-refractivity contribution in [2.75, 3.05) is 13.7 Å². The van der Waals surface area contributed by atoms with E-state index in [0.717, 1.165) is 12.1 Å². The number of carboxylic acids is 1. The second-order valence-electron chi connectivity index (χ2n) is 7.00. The SMILES string of the molecule is COc1cc(CC(=O)O)cc(Oc2cccc(OCC=Cc3ccc(C(F)(F)F)cc3)c2)c1.[H-].[Na+]. The van der Waals surface area contributed by atoms with Crippen LogP contribution in [0.3, 0.4) is 0 Å². The Bertz CT molecular complexity index is 1130. The molecule has 0 unspecified atom stereocenters. The second kappa shape index (κ2) is 12.5. The minimum atomic E-state index is -4.36. The fourth-order valence-corrected chi connectivity index (χ4v) is 2.96. The molecule has 3 rings (SSSR count). The number of halogens is 3. The number of hydrogen-bond acceptors (Lipinski definition) is 4. The molecule has 9 heteroatoms. The molecule has 0 saturated carbocycles. The number of carbonyl (C=O) groups is 1. The molecule has 0 radical (unpaired) electrons. The zero-order valence-corrected chi connectivity index (χ0v) is 20.6. The van der Waals surface area contributed by atoms with E-state index < -0.39 is 17.7 Å². The first-order chi connectivity index (χ1) is 15.7. The molecule has 0 heterocycles. The summed E-state index contributed by atoms with van der Waals surface area (Å²) in [4.78, 5) is 11.0. The molecule has 0 aliphatic carbocycles. The molecule has 0 aromatic heterocycles. The first-order valence-electron chi connectivity index (χ1n) is 9.87. The van der Waals surface area contributed by atoms with Crippen LogP contribution in [0.4, 0.5) is 13.2 Å². The normalized spacial score (nSPS) is 11.1. The molecule has 0 spiro atoms.